The summed E-state index contributed by atoms with van der Waals surface area (Å²) in [7, 11) is -6.93. The molecule has 0 bridgehead atoms. The zero-order valence-electron chi connectivity index (χ0n) is 14.5. The average Bonchev–Trinajstić information content (AvgIpc) is 3.36. The van der Waals surface area contributed by atoms with Crippen LogP contribution < -0.4 is 9.46 Å². The highest BCUT2D eigenvalue weighted by molar-refractivity contribution is 7.93. The number of benzene rings is 1. The molecule has 1 aromatic carbocycles. The Morgan fingerprint density at radius 1 is 1.18 bits per heavy atom. The zero-order valence-corrected chi connectivity index (χ0v) is 17.0. The van der Waals surface area contributed by atoms with E-state index in [1.165, 1.54) is 37.6 Å². The predicted molar refractivity (Wildman–Crippen MR) is 101 cm³/mol. The molecule has 0 aliphatic heterocycles. The van der Waals surface area contributed by atoms with Crippen molar-refractivity contribution in [3.8, 4) is 5.75 Å². The topological polar surface area (TPSA) is 103 Å². The van der Waals surface area contributed by atoms with Crippen molar-refractivity contribution in [2.75, 3.05) is 13.7 Å². The molecule has 0 aliphatic carbocycles. The van der Waals surface area contributed by atoms with Crippen LogP contribution in [0.2, 0.25) is 0 Å². The Hall–Kier alpha value is -2.21. The van der Waals surface area contributed by atoms with Crippen molar-refractivity contribution in [1.82, 2.24) is 4.72 Å². The van der Waals surface area contributed by atoms with Gasteiger partial charge in [0.15, 0.2) is 9.84 Å². The predicted octanol–water partition coefficient (Wildman–Crippen LogP) is 2.98. The van der Waals surface area contributed by atoms with E-state index in [1.54, 1.807) is 11.4 Å². The van der Waals surface area contributed by atoms with E-state index in [-0.39, 0.29) is 15.7 Å². The molecule has 2 aromatic heterocycles. The van der Waals surface area contributed by atoms with Gasteiger partial charge in [-0.2, -0.15) is 0 Å². The summed E-state index contributed by atoms with van der Waals surface area (Å²) in [6.45, 7) is -0.504. The lowest BCUT2D eigenvalue weighted by Gasteiger charge is -2.16. The second kappa shape index (κ2) is 8.03. The average molecular weight is 446 g/mol. The lowest BCUT2D eigenvalue weighted by molar-refractivity contribution is 0.400. The Balaban J connectivity index is 1.94. The molecule has 3 rings (SSSR count). The van der Waals surface area contributed by atoms with E-state index in [0.717, 1.165) is 23.5 Å². The molecule has 150 valence electrons. The molecular formula is C17H16FNO6S3. The van der Waals surface area contributed by atoms with E-state index in [9.17, 15) is 21.2 Å². The van der Waals surface area contributed by atoms with E-state index in [2.05, 4.69) is 4.72 Å². The molecule has 1 N–H and O–H groups in total. The number of halogens is 1. The van der Waals surface area contributed by atoms with Crippen LogP contribution in [0.3, 0.4) is 0 Å². The molecule has 2 heterocycles. The van der Waals surface area contributed by atoms with Crippen molar-refractivity contribution >= 4 is 31.2 Å². The fraction of sp³-hybridized carbons (Fsp3) is 0.176. The molecule has 28 heavy (non-hydrogen) atoms. The Kier molecular flexibility index (Phi) is 5.89. The first kappa shape index (κ1) is 20.5. The fourth-order valence-corrected chi connectivity index (χ4v) is 6.65. The van der Waals surface area contributed by atoms with Crippen molar-refractivity contribution in [3.05, 3.63) is 65.7 Å². The summed E-state index contributed by atoms with van der Waals surface area (Å²) >= 11 is 1.02. The number of sulfone groups is 1. The first-order valence-electron chi connectivity index (χ1n) is 7.89. The summed E-state index contributed by atoms with van der Waals surface area (Å²) in [6, 6.07) is 9.01. The lowest BCUT2D eigenvalue weighted by Crippen LogP contribution is -2.32. The molecule has 0 saturated carbocycles. The summed E-state index contributed by atoms with van der Waals surface area (Å²) in [5.41, 5.74) is 0. The van der Waals surface area contributed by atoms with Gasteiger partial charge in [-0.15, -0.1) is 11.3 Å². The van der Waals surface area contributed by atoms with Crippen LogP contribution in [0.5, 0.6) is 5.75 Å². The van der Waals surface area contributed by atoms with Gasteiger partial charge in [0.2, 0.25) is 10.0 Å². The molecule has 0 saturated heterocycles. The van der Waals surface area contributed by atoms with Gasteiger partial charge in [0.25, 0.3) is 0 Å². The smallest absolute Gasteiger partial charge is 0.244 e. The van der Waals surface area contributed by atoms with Crippen LogP contribution in [0.4, 0.5) is 4.39 Å². The van der Waals surface area contributed by atoms with Crippen molar-refractivity contribution in [3.63, 3.8) is 0 Å². The van der Waals surface area contributed by atoms with E-state index >= 15 is 0 Å². The second-order valence-electron chi connectivity index (χ2n) is 5.63. The van der Waals surface area contributed by atoms with Crippen molar-refractivity contribution < 1.29 is 30.4 Å². The van der Waals surface area contributed by atoms with Gasteiger partial charge in [-0.3, -0.25) is 0 Å². The number of hydrogen-bond donors (Lipinski definition) is 1. The number of rotatable bonds is 8. The van der Waals surface area contributed by atoms with Crippen molar-refractivity contribution in [1.29, 1.82) is 0 Å². The Bertz CT molecular complexity index is 1140. The Morgan fingerprint density at radius 3 is 2.57 bits per heavy atom. The molecule has 0 amide bonds. The van der Waals surface area contributed by atoms with Crippen LogP contribution in [-0.2, 0) is 19.9 Å². The number of methoxy groups -OCH3 is 1. The molecule has 1 atom stereocenters. The maximum atomic E-state index is 13.6. The zero-order chi connectivity index (χ0) is 20.4. The van der Waals surface area contributed by atoms with E-state index in [4.69, 9.17) is 9.15 Å². The van der Waals surface area contributed by atoms with Gasteiger partial charge in [-0.25, -0.2) is 25.9 Å². The van der Waals surface area contributed by atoms with Gasteiger partial charge in [0.1, 0.15) is 31.7 Å². The Labute approximate surface area is 165 Å². The minimum Gasteiger partial charge on any atom is -0.495 e. The normalized spacial score (nSPS) is 13.4. The highest BCUT2D eigenvalue weighted by Crippen LogP contribution is 2.32. The Morgan fingerprint density at radius 2 is 1.96 bits per heavy atom. The third-order valence-corrected chi connectivity index (χ3v) is 8.82. The first-order valence-corrected chi connectivity index (χ1v) is 11.8. The monoisotopic (exact) mass is 445 g/mol. The number of furan rings is 1. The third kappa shape index (κ3) is 4.12. The molecule has 0 fully saturated rings. The van der Waals surface area contributed by atoms with Gasteiger partial charge in [0, 0.05) is 6.54 Å². The van der Waals surface area contributed by atoms with Gasteiger partial charge in [0.05, 0.1) is 13.4 Å². The number of sulfonamides is 1. The molecule has 0 aliphatic rings. The highest BCUT2D eigenvalue weighted by Gasteiger charge is 2.34. The van der Waals surface area contributed by atoms with Crippen LogP contribution in [0.1, 0.15) is 11.0 Å². The van der Waals surface area contributed by atoms with Gasteiger partial charge < -0.3 is 9.15 Å². The van der Waals surface area contributed by atoms with Crippen molar-refractivity contribution in [2.24, 2.45) is 0 Å². The molecule has 0 radical (unpaired) electrons. The van der Waals surface area contributed by atoms with Gasteiger partial charge >= 0.3 is 0 Å². The van der Waals surface area contributed by atoms with Crippen LogP contribution >= 0.6 is 11.3 Å². The molecule has 11 heteroatoms. The maximum absolute atomic E-state index is 13.6. The standard InChI is InChI=1S/C17H16FNO6S3/c1-24-13-7-6-12(18)10-15(13)28(22,23)19-11-16(14-4-2-8-25-14)27(20,21)17-5-3-9-26-17/h2-10,16,19H,11H2,1H3/t16-/m0/s1. The SMILES string of the molecule is COc1ccc(F)cc1S(=O)(=O)NC[C@@H](c1ccco1)S(=O)(=O)c1cccs1. The van der Waals surface area contributed by atoms with E-state index < -0.39 is 42.4 Å². The summed E-state index contributed by atoms with van der Waals surface area (Å²) in [5.74, 6) is -0.748. The first-order chi connectivity index (χ1) is 13.3. The minimum atomic E-state index is -4.26. The number of thiophene rings is 1. The summed E-state index contributed by atoms with van der Waals surface area (Å²) in [4.78, 5) is -0.429. The van der Waals surface area contributed by atoms with Crippen molar-refractivity contribution in [2.45, 2.75) is 14.4 Å². The van der Waals surface area contributed by atoms with E-state index in [0.29, 0.717) is 0 Å². The van der Waals surface area contributed by atoms with Crippen LogP contribution in [-0.4, -0.2) is 30.5 Å². The molecule has 3 aromatic rings. The molecule has 7 nitrogen and oxygen atoms in total. The molecular weight excluding hydrogens is 429 g/mol. The van der Waals surface area contributed by atoms with E-state index in [1.807, 2.05) is 0 Å². The number of ether oxygens (including phenoxy) is 1. The summed E-state index contributed by atoms with van der Waals surface area (Å²) < 4.78 is 77.3. The quantitative estimate of drug-likeness (QED) is 0.572. The van der Waals surface area contributed by atoms with Gasteiger partial charge in [-0.1, -0.05) is 6.07 Å². The summed E-state index contributed by atoms with van der Waals surface area (Å²) in [5, 5.41) is 0.309. The molecule has 0 unspecified atom stereocenters. The lowest BCUT2D eigenvalue weighted by atomic mass is 10.3. The maximum Gasteiger partial charge on any atom is 0.244 e. The summed E-state index contributed by atoms with van der Waals surface area (Å²) in [6.07, 6.45) is 1.30. The minimum absolute atomic E-state index is 0.0652. The molecule has 0 spiro atoms. The highest BCUT2D eigenvalue weighted by atomic mass is 32.2. The van der Waals surface area contributed by atoms with Crippen LogP contribution in [0.15, 0.2) is 67.6 Å². The van der Waals surface area contributed by atoms with Crippen LogP contribution in [0, 0.1) is 5.82 Å². The largest absolute Gasteiger partial charge is 0.495 e. The second-order valence-corrected chi connectivity index (χ2v) is 10.7. The fourth-order valence-electron chi connectivity index (χ4n) is 2.53. The number of hydrogen-bond acceptors (Lipinski definition) is 7. The third-order valence-electron chi connectivity index (χ3n) is 3.88. The van der Waals surface area contributed by atoms with Gasteiger partial charge in [-0.05, 0) is 41.8 Å². The van der Waals surface area contributed by atoms with Crippen LogP contribution in [0.25, 0.3) is 0 Å². The number of nitrogens with one attached hydrogen (secondary N) is 1.